The van der Waals surface area contributed by atoms with Crippen LogP contribution in [0.3, 0.4) is 0 Å². The number of rotatable bonds is 4. The van der Waals surface area contributed by atoms with Gasteiger partial charge in [0.25, 0.3) is 0 Å². The van der Waals surface area contributed by atoms with Crippen LogP contribution < -0.4 is 0 Å². The van der Waals surface area contributed by atoms with Crippen molar-refractivity contribution in [3.05, 3.63) is 35.9 Å². The van der Waals surface area contributed by atoms with Crippen molar-refractivity contribution in [3.63, 3.8) is 0 Å². The third kappa shape index (κ3) is 2.53. The first-order valence-electron chi connectivity index (χ1n) is 6.17. The zero-order valence-electron chi connectivity index (χ0n) is 10.4. The molecule has 1 amide bonds. The molecule has 1 aliphatic heterocycles. The molecule has 1 fully saturated rings. The average Bonchev–Trinajstić information content (AvgIpc) is 2.70. The Morgan fingerprint density at radius 1 is 1.44 bits per heavy atom. The van der Waals surface area contributed by atoms with Gasteiger partial charge >= 0.3 is 5.97 Å². The molecule has 4 nitrogen and oxygen atoms in total. The minimum Gasteiger partial charge on any atom is -0.481 e. The van der Waals surface area contributed by atoms with Crippen LogP contribution in [0.5, 0.6) is 0 Å². The maximum Gasteiger partial charge on any atom is 0.305 e. The Kier molecular flexibility index (Phi) is 3.65. The number of carboxylic acid groups (broad SMARTS) is 1. The van der Waals surface area contributed by atoms with E-state index in [1.54, 1.807) is 4.90 Å². The molecule has 18 heavy (non-hydrogen) atoms. The normalized spacial score (nSPS) is 21.1. The van der Waals surface area contributed by atoms with Crippen LogP contribution in [-0.2, 0) is 9.59 Å². The summed E-state index contributed by atoms with van der Waals surface area (Å²) in [7, 11) is 0. The molecule has 1 aromatic carbocycles. The van der Waals surface area contributed by atoms with E-state index in [9.17, 15) is 9.59 Å². The number of amides is 1. The fourth-order valence-electron chi connectivity index (χ4n) is 2.59. The lowest BCUT2D eigenvalue weighted by atomic mass is 10.0. The molecule has 1 saturated heterocycles. The van der Waals surface area contributed by atoms with E-state index in [4.69, 9.17) is 5.11 Å². The predicted octanol–water partition coefficient (Wildman–Crippen LogP) is 2.21. The first-order chi connectivity index (χ1) is 8.59. The first-order valence-corrected chi connectivity index (χ1v) is 6.17. The van der Waals surface area contributed by atoms with Crippen molar-refractivity contribution in [3.8, 4) is 0 Å². The van der Waals surface area contributed by atoms with E-state index in [1.165, 1.54) is 0 Å². The van der Waals surface area contributed by atoms with Gasteiger partial charge in [0.2, 0.25) is 5.91 Å². The van der Waals surface area contributed by atoms with E-state index < -0.39 is 5.97 Å². The summed E-state index contributed by atoms with van der Waals surface area (Å²) in [6.07, 6.45) is 1.13. The third-order valence-electron chi connectivity index (χ3n) is 3.48. The molecular formula is C14H17NO3. The topological polar surface area (TPSA) is 57.6 Å². The maximum absolute atomic E-state index is 11.9. The standard InChI is InChI=1S/C14H17NO3/c1-10(11-5-3-2-4-6-11)15-12(9-14(17)18)7-8-13(15)16/h2-6,10,12H,7-9H2,1H3,(H,17,18)/t10-,12?/m1/s1. The monoisotopic (exact) mass is 247 g/mol. The molecule has 0 saturated carbocycles. The highest BCUT2D eigenvalue weighted by Gasteiger charge is 2.35. The van der Waals surface area contributed by atoms with E-state index in [0.29, 0.717) is 12.8 Å². The SMILES string of the molecule is C[C@H](c1ccccc1)N1C(=O)CCC1CC(=O)O. The van der Waals surface area contributed by atoms with Gasteiger partial charge in [0, 0.05) is 12.5 Å². The summed E-state index contributed by atoms with van der Waals surface area (Å²) in [6, 6.07) is 9.48. The summed E-state index contributed by atoms with van der Waals surface area (Å²) in [5.41, 5.74) is 1.04. The van der Waals surface area contributed by atoms with E-state index in [2.05, 4.69) is 0 Å². The van der Waals surface area contributed by atoms with Crippen LogP contribution >= 0.6 is 0 Å². The molecule has 2 rings (SSSR count). The van der Waals surface area contributed by atoms with Crippen LogP contribution in [0.2, 0.25) is 0 Å². The van der Waals surface area contributed by atoms with Crippen LogP contribution in [0, 0.1) is 0 Å². The van der Waals surface area contributed by atoms with Crippen molar-refractivity contribution in [1.29, 1.82) is 0 Å². The van der Waals surface area contributed by atoms with Gasteiger partial charge in [0.05, 0.1) is 12.5 Å². The van der Waals surface area contributed by atoms with Crippen LogP contribution in [-0.4, -0.2) is 27.9 Å². The predicted molar refractivity (Wildman–Crippen MR) is 67.0 cm³/mol. The van der Waals surface area contributed by atoms with Crippen molar-refractivity contribution in [2.24, 2.45) is 0 Å². The van der Waals surface area contributed by atoms with Gasteiger partial charge in [0.15, 0.2) is 0 Å². The number of benzene rings is 1. The van der Waals surface area contributed by atoms with E-state index in [-0.39, 0.29) is 24.4 Å². The molecule has 1 aliphatic rings. The number of hydrogen-bond acceptors (Lipinski definition) is 2. The number of carbonyl (C=O) groups is 2. The first kappa shape index (κ1) is 12.6. The minimum atomic E-state index is -0.847. The van der Waals surface area contributed by atoms with Gasteiger partial charge in [-0.2, -0.15) is 0 Å². The van der Waals surface area contributed by atoms with E-state index >= 15 is 0 Å². The molecule has 1 N–H and O–H groups in total. The van der Waals surface area contributed by atoms with Crippen molar-refractivity contribution in [1.82, 2.24) is 4.90 Å². The third-order valence-corrected chi connectivity index (χ3v) is 3.48. The minimum absolute atomic E-state index is 0.0307. The summed E-state index contributed by atoms with van der Waals surface area (Å²) in [6.45, 7) is 1.95. The highest BCUT2D eigenvalue weighted by molar-refractivity contribution is 5.80. The number of likely N-dealkylation sites (tertiary alicyclic amines) is 1. The summed E-state index contributed by atoms with van der Waals surface area (Å²) >= 11 is 0. The fraction of sp³-hybridized carbons (Fsp3) is 0.429. The highest BCUT2D eigenvalue weighted by atomic mass is 16.4. The smallest absolute Gasteiger partial charge is 0.305 e. The van der Waals surface area contributed by atoms with Crippen LogP contribution in [0.15, 0.2) is 30.3 Å². The van der Waals surface area contributed by atoms with Crippen LogP contribution in [0.4, 0.5) is 0 Å². The molecule has 0 spiro atoms. The lowest BCUT2D eigenvalue weighted by Crippen LogP contribution is -2.36. The van der Waals surface area contributed by atoms with E-state index in [1.807, 2.05) is 37.3 Å². The second-order valence-electron chi connectivity index (χ2n) is 4.68. The van der Waals surface area contributed by atoms with Gasteiger partial charge in [-0.05, 0) is 18.9 Å². The van der Waals surface area contributed by atoms with E-state index in [0.717, 1.165) is 5.56 Å². The zero-order valence-corrected chi connectivity index (χ0v) is 10.4. The van der Waals surface area contributed by atoms with Gasteiger partial charge in [-0.25, -0.2) is 0 Å². The Balaban J connectivity index is 2.18. The number of carboxylic acids is 1. The Labute approximate surface area is 106 Å². The van der Waals surface area contributed by atoms with Gasteiger partial charge in [-0.1, -0.05) is 30.3 Å². The average molecular weight is 247 g/mol. The lowest BCUT2D eigenvalue weighted by Gasteiger charge is -2.30. The largest absolute Gasteiger partial charge is 0.481 e. The van der Waals surface area contributed by atoms with Crippen molar-refractivity contribution >= 4 is 11.9 Å². The number of nitrogens with zero attached hydrogens (tertiary/aromatic N) is 1. The number of hydrogen-bond donors (Lipinski definition) is 1. The van der Waals surface area contributed by atoms with Crippen molar-refractivity contribution in [2.45, 2.75) is 38.3 Å². The molecule has 96 valence electrons. The van der Waals surface area contributed by atoms with Crippen LogP contribution in [0.25, 0.3) is 0 Å². The second-order valence-corrected chi connectivity index (χ2v) is 4.68. The molecule has 2 atom stereocenters. The molecule has 4 heteroatoms. The Bertz CT molecular complexity index is 444. The van der Waals surface area contributed by atoms with Gasteiger partial charge in [-0.15, -0.1) is 0 Å². The molecule has 1 unspecified atom stereocenters. The zero-order chi connectivity index (χ0) is 13.1. The second kappa shape index (κ2) is 5.21. The molecule has 0 bridgehead atoms. The van der Waals surface area contributed by atoms with Gasteiger partial charge in [-0.3, -0.25) is 9.59 Å². The van der Waals surface area contributed by atoms with Gasteiger partial charge < -0.3 is 10.0 Å². The van der Waals surface area contributed by atoms with Crippen molar-refractivity contribution < 1.29 is 14.7 Å². The summed E-state index contributed by atoms with van der Waals surface area (Å²) in [5, 5.41) is 8.89. The van der Waals surface area contributed by atoms with Crippen LogP contribution in [0.1, 0.15) is 37.8 Å². The van der Waals surface area contributed by atoms with Crippen molar-refractivity contribution in [2.75, 3.05) is 0 Å². The molecule has 1 heterocycles. The fourth-order valence-corrected chi connectivity index (χ4v) is 2.59. The molecule has 0 aromatic heterocycles. The molecule has 1 aromatic rings. The molecule has 0 radical (unpaired) electrons. The Morgan fingerprint density at radius 2 is 2.11 bits per heavy atom. The number of aliphatic carboxylic acids is 1. The molecule has 0 aliphatic carbocycles. The Hall–Kier alpha value is -1.84. The lowest BCUT2D eigenvalue weighted by molar-refractivity contribution is -0.139. The number of carbonyl (C=O) groups excluding carboxylic acids is 1. The summed E-state index contributed by atoms with van der Waals surface area (Å²) < 4.78 is 0. The molecular weight excluding hydrogens is 230 g/mol. The summed E-state index contributed by atoms with van der Waals surface area (Å²) in [5.74, 6) is -0.794. The highest BCUT2D eigenvalue weighted by Crippen LogP contribution is 2.31. The Morgan fingerprint density at radius 3 is 2.72 bits per heavy atom. The van der Waals surface area contributed by atoms with Gasteiger partial charge in [0.1, 0.15) is 0 Å². The quantitative estimate of drug-likeness (QED) is 0.887. The maximum atomic E-state index is 11.9. The summed E-state index contributed by atoms with van der Waals surface area (Å²) in [4.78, 5) is 24.5.